The van der Waals surface area contributed by atoms with Gasteiger partial charge in [0.15, 0.2) is 0 Å². The number of aromatic nitrogens is 2. The van der Waals surface area contributed by atoms with Crippen LogP contribution < -0.4 is 11.2 Å². The van der Waals surface area contributed by atoms with Gasteiger partial charge in [-0.25, -0.2) is 4.98 Å². The van der Waals surface area contributed by atoms with Crippen LogP contribution >= 0.6 is 0 Å². The summed E-state index contributed by atoms with van der Waals surface area (Å²) in [5, 5.41) is 0. The highest BCUT2D eigenvalue weighted by molar-refractivity contribution is 6.33. The van der Waals surface area contributed by atoms with Crippen molar-refractivity contribution in [3.63, 3.8) is 0 Å². The van der Waals surface area contributed by atoms with E-state index in [9.17, 15) is 0 Å². The summed E-state index contributed by atoms with van der Waals surface area (Å²) in [6.45, 7) is 4.27. The van der Waals surface area contributed by atoms with Gasteiger partial charge >= 0.3 is 0 Å². The number of fused-ring (bicyclic) bond motifs is 1. The molecule has 0 aliphatic carbocycles. The molecule has 0 saturated heterocycles. The third kappa shape index (κ3) is 1.88. The molecule has 0 fully saturated rings. The summed E-state index contributed by atoms with van der Waals surface area (Å²) in [5.74, 6) is 0.499. The van der Waals surface area contributed by atoms with Crippen LogP contribution in [-0.2, 0) is 5.54 Å². The number of hydrogen-bond donors (Lipinski definition) is 1. The molecule has 0 amide bonds. The molecule has 3 aromatic rings. The van der Waals surface area contributed by atoms with E-state index in [1.54, 1.807) is 0 Å². The molecule has 0 saturated carbocycles. The zero-order chi connectivity index (χ0) is 14.3. The fraction of sp³-hybridized carbons (Fsp3) is 0.188. The molecule has 0 bridgehead atoms. The molecule has 0 spiro atoms. The minimum atomic E-state index is -0.282. The molecule has 0 unspecified atom stereocenters. The largest absolute Gasteiger partial charge is 0.369 e. The van der Waals surface area contributed by atoms with E-state index in [1.165, 1.54) is 5.56 Å². The van der Waals surface area contributed by atoms with Crippen molar-refractivity contribution in [1.29, 1.82) is 0 Å². The standard InChI is InChI=1S/C16H16BN3/c1-16(2,11-6-4-3-5-7-11)20-14-9-8-12(17)10-13(14)19-15(20)18/h3-10H,1-2H3,(H2,18,19). The monoisotopic (exact) mass is 261 g/mol. The lowest BCUT2D eigenvalue weighted by atomic mass is 9.93. The van der Waals surface area contributed by atoms with Crippen LogP contribution in [0.1, 0.15) is 19.4 Å². The summed E-state index contributed by atoms with van der Waals surface area (Å²) in [7, 11) is 5.81. The Bertz CT molecular complexity index is 760. The summed E-state index contributed by atoms with van der Waals surface area (Å²) >= 11 is 0. The molecule has 4 heteroatoms. The number of nitrogen functional groups attached to an aromatic ring is 1. The molecule has 98 valence electrons. The van der Waals surface area contributed by atoms with Crippen molar-refractivity contribution in [2.24, 2.45) is 0 Å². The Labute approximate surface area is 119 Å². The molecule has 3 rings (SSSR count). The molecule has 0 atom stereocenters. The molecule has 0 aliphatic rings. The highest BCUT2D eigenvalue weighted by Gasteiger charge is 2.26. The van der Waals surface area contributed by atoms with Crippen molar-refractivity contribution < 1.29 is 0 Å². The van der Waals surface area contributed by atoms with E-state index >= 15 is 0 Å². The van der Waals surface area contributed by atoms with E-state index < -0.39 is 0 Å². The van der Waals surface area contributed by atoms with E-state index in [0.29, 0.717) is 11.4 Å². The van der Waals surface area contributed by atoms with E-state index in [4.69, 9.17) is 13.6 Å². The van der Waals surface area contributed by atoms with E-state index in [-0.39, 0.29) is 5.54 Å². The van der Waals surface area contributed by atoms with Gasteiger partial charge in [-0.3, -0.25) is 0 Å². The zero-order valence-corrected chi connectivity index (χ0v) is 11.7. The lowest BCUT2D eigenvalue weighted by Crippen LogP contribution is -2.28. The first-order valence-corrected chi connectivity index (χ1v) is 6.59. The molecule has 2 N–H and O–H groups in total. The lowest BCUT2D eigenvalue weighted by Gasteiger charge is -2.29. The first-order chi connectivity index (χ1) is 9.50. The van der Waals surface area contributed by atoms with Crippen LogP contribution in [0.4, 0.5) is 5.95 Å². The quantitative estimate of drug-likeness (QED) is 0.718. The van der Waals surface area contributed by atoms with Gasteiger partial charge in [0.1, 0.15) is 7.85 Å². The number of imidazole rings is 1. The van der Waals surface area contributed by atoms with Crippen LogP contribution in [0.3, 0.4) is 0 Å². The smallest absolute Gasteiger partial charge is 0.201 e. The Morgan fingerprint density at radius 3 is 2.50 bits per heavy atom. The number of benzene rings is 2. The number of nitrogens with two attached hydrogens (primary N) is 1. The Hall–Kier alpha value is -2.23. The lowest BCUT2D eigenvalue weighted by molar-refractivity contribution is 0.455. The van der Waals surface area contributed by atoms with Gasteiger partial charge in [0.2, 0.25) is 5.95 Å². The van der Waals surface area contributed by atoms with Crippen molar-refractivity contribution in [2.45, 2.75) is 19.4 Å². The van der Waals surface area contributed by atoms with Gasteiger partial charge in [0, 0.05) is 0 Å². The molecular formula is C16H16BN3. The zero-order valence-electron chi connectivity index (χ0n) is 11.7. The topological polar surface area (TPSA) is 43.8 Å². The Kier molecular flexibility index (Phi) is 2.82. The number of anilines is 1. The van der Waals surface area contributed by atoms with Crippen molar-refractivity contribution in [3.8, 4) is 0 Å². The molecule has 0 aliphatic heterocycles. The second kappa shape index (κ2) is 4.41. The van der Waals surface area contributed by atoms with E-state index in [1.807, 2.05) is 36.4 Å². The molecule has 3 nitrogen and oxygen atoms in total. The van der Waals surface area contributed by atoms with Crippen LogP contribution in [-0.4, -0.2) is 17.4 Å². The fourth-order valence-electron chi connectivity index (χ4n) is 2.68. The molecule has 2 aromatic carbocycles. The normalized spacial score (nSPS) is 11.9. The van der Waals surface area contributed by atoms with Gasteiger partial charge in [-0.2, -0.15) is 0 Å². The first-order valence-electron chi connectivity index (χ1n) is 6.59. The summed E-state index contributed by atoms with van der Waals surface area (Å²) in [6.07, 6.45) is 0. The van der Waals surface area contributed by atoms with Crippen molar-refractivity contribution in [2.75, 3.05) is 5.73 Å². The third-order valence-electron chi connectivity index (χ3n) is 3.74. The molecule has 20 heavy (non-hydrogen) atoms. The van der Waals surface area contributed by atoms with Gasteiger partial charge in [0.25, 0.3) is 0 Å². The van der Waals surface area contributed by atoms with Gasteiger partial charge in [-0.15, -0.1) is 0 Å². The van der Waals surface area contributed by atoms with E-state index in [2.05, 4.69) is 35.5 Å². The first kappa shape index (κ1) is 12.8. The van der Waals surface area contributed by atoms with Crippen LogP contribution in [0.25, 0.3) is 11.0 Å². The second-order valence-corrected chi connectivity index (χ2v) is 5.48. The predicted molar refractivity (Wildman–Crippen MR) is 84.4 cm³/mol. The van der Waals surface area contributed by atoms with Crippen LogP contribution in [0.5, 0.6) is 0 Å². The highest BCUT2D eigenvalue weighted by Crippen LogP contribution is 2.31. The SMILES string of the molecule is [B]c1ccc2c(c1)nc(N)n2C(C)(C)c1ccccc1. The summed E-state index contributed by atoms with van der Waals surface area (Å²) in [5.41, 5.74) is 9.55. The summed E-state index contributed by atoms with van der Waals surface area (Å²) in [6, 6.07) is 16.0. The Balaban J connectivity index is 2.26. The second-order valence-electron chi connectivity index (χ2n) is 5.48. The van der Waals surface area contributed by atoms with Crippen LogP contribution in [0, 0.1) is 0 Å². The average molecular weight is 261 g/mol. The van der Waals surface area contributed by atoms with Crippen LogP contribution in [0.15, 0.2) is 48.5 Å². The van der Waals surface area contributed by atoms with Crippen molar-refractivity contribution in [3.05, 3.63) is 54.1 Å². The Morgan fingerprint density at radius 1 is 1.10 bits per heavy atom. The van der Waals surface area contributed by atoms with Gasteiger partial charge in [0.05, 0.1) is 16.6 Å². The maximum atomic E-state index is 6.14. The van der Waals surface area contributed by atoms with E-state index in [0.717, 1.165) is 11.0 Å². The average Bonchev–Trinajstić information content (AvgIpc) is 2.75. The van der Waals surface area contributed by atoms with Gasteiger partial charge in [-0.1, -0.05) is 41.9 Å². The molecule has 1 aromatic heterocycles. The van der Waals surface area contributed by atoms with Crippen molar-refractivity contribution >= 4 is 30.3 Å². The molecule has 2 radical (unpaired) electrons. The maximum absolute atomic E-state index is 6.14. The number of hydrogen-bond acceptors (Lipinski definition) is 2. The fourth-order valence-corrected chi connectivity index (χ4v) is 2.68. The summed E-state index contributed by atoms with van der Waals surface area (Å²) in [4.78, 5) is 4.43. The minimum Gasteiger partial charge on any atom is -0.369 e. The number of nitrogens with zero attached hydrogens (tertiary/aromatic N) is 2. The van der Waals surface area contributed by atoms with Gasteiger partial charge in [-0.05, 0) is 31.5 Å². The van der Waals surface area contributed by atoms with Crippen molar-refractivity contribution in [1.82, 2.24) is 9.55 Å². The maximum Gasteiger partial charge on any atom is 0.201 e. The minimum absolute atomic E-state index is 0.282. The Morgan fingerprint density at radius 2 is 1.80 bits per heavy atom. The molecule has 1 heterocycles. The summed E-state index contributed by atoms with van der Waals surface area (Å²) < 4.78 is 2.05. The predicted octanol–water partition coefficient (Wildman–Crippen LogP) is 2.20. The third-order valence-corrected chi connectivity index (χ3v) is 3.74. The van der Waals surface area contributed by atoms with Crippen LogP contribution in [0.2, 0.25) is 0 Å². The highest BCUT2D eigenvalue weighted by atomic mass is 15.2. The molecular weight excluding hydrogens is 245 g/mol. The number of rotatable bonds is 2. The van der Waals surface area contributed by atoms with Gasteiger partial charge < -0.3 is 10.3 Å².